The average molecular weight is 177 g/mol. The molecule has 13 heavy (non-hydrogen) atoms. The van der Waals surface area contributed by atoms with Crippen molar-refractivity contribution in [3.63, 3.8) is 0 Å². The summed E-state index contributed by atoms with van der Waals surface area (Å²) in [6.45, 7) is 0. The third-order valence-electron chi connectivity index (χ3n) is 2.43. The summed E-state index contributed by atoms with van der Waals surface area (Å²) in [5.41, 5.74) is 5.59. The zero-order valence-electron chi connectivity index (χ0n) is 7.33. The number of hydrogen-bond acceptors (Lipinski definition) is 0. The van der Waals surface area contributed by atoms with Crippen LogP contribution in [0, 0.1) is 0 Å². The lowest BCUT2D eigenvalue weighted by Crippen LogP contribution is -1.96. The van der Waals surface area contributed by atoms with Crippen molar-refractivity contribution in [2.24, 2.45) is 0 Å². The van der Waals surface area contributed by atoms with E-state index in [4.69, 9.17) is 0 Å². The molecule has 0 atom stereocenters. The molecule has 3 rings (SSSR count). The Morgan fingerprint density at radius 1 is 0.462 bits per heavy atom. The maximum atomic E-state index is 2.18. The monoisotopic (exact) mass is 176 g/mol. The molecule has 2 aromatic carbocycles. The second-order valence-electron chi connectivity index (χ2n) is 3.09. The van der Waals surface area contributed by atoms with Crippen molar-refractivity contribution < 1.29 is 0 Å². The Labute approximate surface area is 93.8 Å². The molecule has 0 fully saturated rings. The summed E-state index contributed by atoms with van der Waals surface area (Å²) in [6, 6.07) is 17.1. The first-order valence-corrected chi connectivity index (χ1v) is 4.15. The molecular weight excluding hydrogens is 168 g/mol. The molecule has 0 aliphatic heterocycles. The smallest absolute Gasteiger partial charge is 0 e. The average Bonchev–Trinajstić information content (AvgIpc) is 2.14. The highest BCUT2D eigenvalue weighted by Crippen LogP contribution is 2.46. The van der Waals surface area contributed by atoms with Gasteiger partial charge in [0.1, 0.15) is 0 Å². The highest BCUT2D eigenvalue weighted by molar-refractivity contribution is 6.02. The number of rotatable bonds is 0. The van der Waals surface area contributed by atoms with Gasteiger partial charge in [-0.1, -0.05) is 48.5 Å². The van der Waals surface area contributed by atoms with Gasteiger partial charge >= 0.3 is 0 Å². The SMILES string of the molecule is [Mg].c1ccc2c(c1)-c1ccccc1-2. The van der Waals surface area contributed by atoms with Gasteiger partial charge < -0.3 is 0 Å². The Balaban J connectivity index is 0.000000653. The molecule has 0 aromatic heterocycles. The van der Waals surface area contributed by atoms with Crippen molar-refractivity contribution in [3.8, 4) is 22.3 Å². The minimum Gasteiger partial charge on any atom is -0.0616 e. The maximum absolute atomic E-state index is 2.18. The van der Waals surface area contributed by atoms with E-state index in [1.807, 2.05) is 0 Å². The second-order valence-corrected chi connectivity index (χ2v) is 3.09. The molecule has 0 saturated carbocycles. The van der Waals surface area contributed by atoms with Crippen LogP contribution in [-0.2, 0) is 0 Å². The molecular formula is C12H8Mg. The van der Waals surface area contributed by atoms with Crippen molar-refractivity contribution in [2.45, 2.75) is 0 Å². The minimum atomic E-state index is 0. The lowest BCUT2D eigenvalue weighted by atomic mass is 9.81. The van der Waals surface area contributed by atoms with E-state index in [1.165, 1.54) is 22.3 Å². The van der Waals surface area contributed by atoms with E-state index in [0.29, 0.717) is 0 Å². The van der Waals surface area contributed by atoms with E-state index in [9.17, 15) is 0 Å². The van der Waals surface area contributed by atoms with Gasteiger partial charge in [0, 0.05) is 23.1 Å². The fraction of sp³-hybridized carbons (Fsp3) is 0. The predicted octanol–water partition coefficient (Wildman–Crippen LogP) is 2.95. The molecule has 2 radical (unpaired) electrons. The van der Waals surface area contributed by atoms with Crippen LogP contribution in [-0.4, -0.2) is 23.1 Å². The molecule has 2 aromatic rings. The summed E-state index contributed by atoms with van der Waals surface area (Å²) in [5.74, 6) is 0. The van der Waals surface area contributed by atoms with Crippen molar-refractivity contribution in [1.82, 2.24) is 0 Å². The zero-order chi connectivity index (χ0) is 7.97. The Kier molecular flexibility index (Phi) is 2.14. The van der Waals surface area contributed by atoms with Crippen molar-refractivity contribution in [3.05, 3.63) is 48.5 Å². The molecule has 1 aliphatic rings. The first-order chi connectivity index (χ1) is 5.97. The highest BCUT2D eigenvalue weighted by atomic mass is 24.3. The van der Waals surface area contributed by atoms with Crippen LogP contribution < -0.4 is 0 Å². The van der Waals surface area contributed by atoms with Crippen LogP contribution in [0.15, 0.2) is 48.5 Å². The van der Waals surface area contributed by atoms with Crippen LogP contribution in [0.3, 0.4) is 0 Å². The van der Waals surface area contributed by atoms with E-state index in [2.05, 4.69) is 48.5 Å². The van der Waals surface area contributed by atoms with Crippen molar-refractivity contribution in [1.29, 1.82) is 0 Å². The van der Waals surface area contributed by atoms with Gasteiger partial charge in [0.05, 0.1) is 0 Å². The third kappa shape index (κ3) is 1.11. The van der Waals surface area contributed by atoms with Crippen molar-refractivity contribution >= 4 is 23.1 Å². The van der Waals surface area contributed by atoms with E-state index < -0.39 is 0 Å². The number of benzene rings is 2. The van der Waals surface area contributed by atoms with Crippen LogP contribution in [0.5, 0.6) is 0 Å². The van der Waals surface area contributed by atoms with Crippen molar-refractivity contribution in [2.75, 3.05) is 0 Å². The van der Waals surface area contributed by atoms with Gasteiger partial charge in [-0.3, -0.25) is 0 Å². The molecule has 0 nitrogen and oxygen atoms in total. The molecule has 0 N–H and O–H groups in total. The largest absolute Gasteiger partial charge is 0.0616 e. The van der Waals surface area contributed by atoms with Crippen LogP contribution >= 0.6 is 0 Å². The number of fused-ring (bicyclic) bond motifs is 4. The minimum absolute atomic E-state index is 0. The lowest BCUT2D eigenvalue weighted by molar-refractivity contribution is 1.52. The summed E-state index contributed by atoms with van der Waals surface area (Å²) in [6.07, 6.45) is 0. The molecule has 0 heterocycles. The lowest BCUT2D eigenvalue weighted by Gasteiger charge is -2.22. The predicted molar refractivity (Wildman–Crippen MR) is 56.6 cm³/mol. The van der Waals surface area contributed by atoms with E-state index in [1.54, 1.807) is 0 Å². The molecule has 0 spiro atoms. The molecule has 1 heteroatoms. The summed E-state index contributed by atoms with van der Waals surface area (Å²) >= 11 is 0. The molecule has 0 saturated heterocycles. The summed E-state index contributed by atoms with van der Waals surface area (Å²) < 4.78 is 0. The van der Waals surface area contributed by atoms with E-state index in [0.717, 1.165) is 0 Å². The summed E-state index contributed by atoms with van der Waals surface area (Å²) in [5, 5.41) is 0. The topological polar surface area (TPSA) is 0 Å². The third-order valence-corrected chi connectivity index (χ3v) is 2.43. The van der Waals surface area contributed by atoms with Crippen LogP contribution in [0.25, 0.3) is 22.3 Å². The van der Waals surface area contributed by atoms with Crippen LogP contribution in [0.1, 0.15) is 0 Å². The van der Waals surface area contributed by atoms with Gasteiger partial charge in [-0.05, 0) is 22.3 Å². The summed E-state index contributed by atoms with van der Waals surface area (Å²) in [7, 11) is 0. The second kappa shape index (κ2) is 3.16. The Hall–Kier alpha value is -0.794. The Morgan fingerprint density at radius 3 is 0.923 bits per heavy atom. The maximum Gasteiger partial charge on any atom is 0 e. The van der Waals surface area contributed by atoms with Crippen LogP contribution in [0.4, 0.5) is 0 Å². The summed E-state index contributed by atoms with van der Waals surface area (Å²) in [4.78, 5) is 0. The first kappa shape index (κ1) is 8.79. The fourth-order valence-electron chi connectivity index (χ4n) is 1.84. The molecule has 1 aliphatic carbocycles. The molecule has 0 amide bonds. The van der Waals surface area contributed by atoms with Gasteiger partial charge in [-0.25, -0.2) is 0 Å². The number of hydrogen-bond donors (Lipinski definition) is 0. The molecule has 0 bridgehead atoms. The standard InChI is InChI=1S/C12H8.Mg/c1-2-6-10-9(5-1)11-7-3-4-8-12(10)11;/h1-8H;. The highest BCUT2D eigenvalue weighted by Gasteiger charge is 2.19. The normalized spacial score (nSPS) is 10.5. The van der Waals surface area contributed by atoms with Gasteiger partial charge in [0.2, 0.25) is 0 Å². The van der Waals surface area contributed by atoms with E-state index >= 15 is 0 Å². The Bertz CT molecular complexity index is 346. The zero-order valence-corrected chi connectivity index (χ0v) is 8.74. The molecule has 58 valence electrons. The van der Waals surface area contributed by atoms with Gasteiger partial charge in [-0.2, -0.15) is 0 Å². The van der Waals surface area contributed by atoms with Crippen LogP contribution in [0.2, 0.25) is 0 Å². The van der Waals surface area contributed by atoms with Gasteiger partial charge in [-0.15, -0.1) is 0 Å². The quantitative estimate of drug-likeness (QED) is 0.462. The Morgan fingerprint density at radius 2 is 0.692 bits per heavy atom. The van der Waals surface area contributed by atoms with Gasteiger partial charge in [0.15, 0.2) is 0 Å². The van der Waals surface area contributed by atoms with E-state index in [-0.39, 0.29) is 23.1 Å². The first-order valence-electron chi connectivity index (χ1n) is 4.15. The fourth-order valence-corrected chi connectivity index (χ4v) is 1.84. The molecule has 0 unspecified atom stereocenters. The van der Waals surface area contributed by atoms with Gasteiger partial charge in [0.25, 0.3) is 0 Å².